The third kappa shape index (κ3) is 5.71. The molecular formula is C36H38ClNO5. The standard InChI is InChI=1S/C36H38ClNO5/c1-22-19-30(32-23(2)28(35(40)43-31(32)20-22)21-25-9-5-4-6-10-25)42-24(3)34(39)38-18-17-36(41)16-8-7-11-29(36)33(38)26-12-14-27(37)15-13-26/h4-6,9-10,12-15,19-20,24,29,33,41H,7-8,11,16-18,21H2,1-3H3/t24-,29+,33-,36-/m1/s1. The smallest absolute Gasteiger partial charge is 0.340 e. The highest BCUT2D eigenvalue weighted by atomic mass is 35.5. The summed E-state index contributed by atoms with van der Waals surface area (Å²) in [6, 6.07) is 20.9. The zero-order valence-electron chi connectivity index (χ0n) is 24.9. The Morgan fingerprint density at radius 1 is 1.09 bits per heavy atom. The summed E-state index contributed by atoms with van der Waals surface area (Å²) in [7, 11) is 0. The highest BCUT2D eigenvalue weighted by Crippen LogP contribution is 2.49. The maximum atomic E-state index is 14.2. The molecule has 1 aliphatic heterocycles. The second-order valence-corrected chi connectivity index (χ2v) is 12.7. The number of halogens is 1. The van der Waals surface area contributed by atoms with Gasteiger partial charge in [-0.1, -0.05) is 66.9 Å². The molecule has 4 atom stereocenters. The van der Waals surface area contributed by atoms with Crippen LogP contribution < -0.4 is 10.4 Å². The fourth-order valence-electron chi connectivity index (χ4n) is 7.21. The van der Waals surface area contributed by atoms with E-state index in [0.29, 0.717) is 46.7 Å². The van der Waals surface area contributed by atoms with E-state index in [4.69, 9.17) is 20.8 Å². The van der Waals surface area contributed by atoms with Gasteiger partial charge in [0.25, 0.3) is 5.91 Å². The molecule has 224 valence electrons. The number of hydrogen-bond acceptors (Lipinski definition) is 5. The lowest BCUT2D eigenvalue weighted by Crippen LogP contribution is -2.58. The SMILES string of the molecule is Cc1cc(O[C@H](C)C(=O)N2CC[C@]3(O)CCCC[C@H]3[C@H]2c2ccc(Cl)cc2)c2c(C)c(Cc3ccccc3)c(=O)oc2c1. The van der Waals surface area contributed by atoms with Gasteiger partial charge in [-0.3, -0.25) is 4.79 Å². The van der Waals surface area contributed by atoms with Crippen molar-refractivity contribution < 1.29 is 19.1 Å². The molecule has 0 bridgehead atoms. The maximum absolute atomic E-state index is 14.2. The summed E-state index contributed by atoms with van der Waals surface area (Å²) in [6.07, 6.45) is 3.80. The minimum Gasteiger partial charge on any atom is -0.480 e. The number of rotatable bonds is 6. The Labute approximate surface area is 257 Å². The molecule has 1 saturated heterocycles. The van der Waals surface area contributed by atoms with Crippen LogP contribution in [0.4, 0.5) is 0 Å². The maximum Gasteiger partial charge on any atom is 0.340 e. The largest absolute Gasteiger partial charge is 0.480 e. The fraction of sp³-hybridized carbons (Fsp3) is 0.389. The number of amides is 1. The van der Waals surface area contributed by atoms with Gasteiger partial charge in [0, 0.05) is 29.5 Å². The first kappa shape index (κ1) is 29.5. The molecule has 0 unspecified atom stereocenters. The van der Waals surface area contributed by atoms with Crippen LogP contribution in [0.15, 0.2) is 75.9 Å². The molecule has 7 heteroatoms. The Morgan fingerprint density at radius 3 is 2.58 bits per heavy atom. The molecule has 6 rings (SSSR count). The van der Waals surface area contributed by atoms with Gasteiger partial charge >= 0.3 is 5.63 Å². The van der Waals surface area contributed by atoms with E-state index in [1.165, 1.54) is 0 Å². The van der Waals surface area contributed by atoms with Gasteiger partial charge in [-0.05, 0) is 86.6 Å². The molecule has 1 aromatic heterocycles. The minimum absolute atomic E-state index is 0.0656. The molecule has 6 nitrogen and oxygen atoms in total. The highest BCUT2D eigenvalue weighted by Gasteiger charge is 2.50. The number of hydrogen-bond donors (Lipinski definition) is 1. The van der Waals surface area contributed by atoms with Crippen molar-refractivity contribution in [3.05, 3.63) is 110 Å². The minimum atomic E-state index is -0.807. The lowest BCUT2D eigenvalue weighted by atomic mass is 9.66. The van der Waals surface area contributed by atoms with E-state index >= 15 is 0 Å². The molecule has 2 aliphatic rings. The molecule has 0 spiro atoms. The van der Waals surface area contributed by atoms with Gasteiger partial charge in [0.2, 0.25) is 0 Å². The number of aryl methyl sites for hydroxylation is 2. The van der Waals surface area contributed by atoms with Crippen LogP contribution in [0.5, 0.6) is 5.75 Å². The zero-order valence-corrected chi connectivity index (χ0v) is 25.7. The van der Waals surface area contributed by atoms with Crippen LogP contribution in [-0.2, 0) is 11.2 Å². The molecular weight excluding hydrogens is 562 g/mol. The van der Waals surface area contributed by atoms with Crippen molar-refractivity contribution in [1.29, 1.82) is 0 Å². The van der Waals surface area contributed by atoms with Crippen molar-refractivity contribution in [1.82, 2.24) is 4.90 Å². The lowest BCUT2D eigenvalue weighted by Gasteiger charge is -2.53. The number of nitrogens with zero attached hydrogens (tertiary/aromatic N) is 1. The van der Waals surface area contributed by atoms with Gasteiger partial charge < -0.3 is 19.2 Å². The summed E-state index contributed by atoms with van der Waals surface area (Å²) in [5, 5.41) is 13.0. The number of aliphatic hydroxyl groups is 1. The summed E-state index contributed by atoms with van der Waals surface area (Å²) in [5.41, 5.74) is 3.49. The van der Waals surface area contributed by atoms with Crippen LogP contribution >= 0.6 is 11.6 Å². The van der Waals surface area contributed by atoms with E-state index < -0.39 is 11.7 Å². The van der Waals surface area contributed by atoms with Crippen molar-refractivity contribution in [2.24, 2.45) is 5.92 Å². The molecule has 4 aromatic rings. The average Bonchev–Trinajstić information content (AvgIpc) is 2.98. The summed E-state index contributed by atoms with van der Waals surface area (Å²) < 4.78 is 12.3. The second-order valence-electron chi connectivity index (χ2n) is 12.3. The first-order chi connectivity index (χ1) is 20.6. The summed E-state index contributed by atoms with van der Waals surface area (Å²) >= 11 is 6.22. The molecule has 43 heavy (non-hydrogen) atoms. The Kier molecular flexibility index (Phi) is 8.10. The molecule has 3 aromatic carbocycles. The van der Waals surface area contributed by atoms with E-state index in [1.807, 2.05) is 85.5 Å². The van der Waals surface area contributed by atoms with Crippen molar-refractivity contribution in [2.45, 2.75) is 77.0 Å². The average molecular weight is 600 g/mol. The monoisotopic (exact) mass is 599 g/mol. The number of carbonyl (C=O) groups is 1. The van der Waals surface area contributed by atoms with E-state index in [9.17, 15) is 14.7 Å². The predicted octanol–water partition coefficient (Wildman–Crippen LogP) is 7.32. The molecule has 2 fully saturated rings. The number of fused-ring (bicyclic) bond motifs is 2. The van der Waals surface area contributed by atoms with Gasteiger partial charge in [-0.25, -0.2) is 4.79 Å². The number of likely N-dealkylation sites (tertiary alicyclic amines) is 1. The van der Waals surface area contributed by atoms with Crippen LogP contribution in [0.3, 0.4) is 0 Å². The number of ether oxygens (including phenoxy) is 1. The van der Waals surface area contributed by atoms with E-state index in [2.05, 4.69) is 0 Å². The van der Waals surface area contributed by atoms with Crippen LogP contribution in [-0.4, -0.2) is 34.2 Å². The molecule has 1 aliphatic carbocycles. The second kappa shape index (κ2) is 11.8. The van der Waals surface area contributed by atoms with Gasteiger partial charge in [0.1, 0.15) is 11.3 Å². The van der Waals surface area contributed by atoms with Gasteiger partial charge in [-0.15, -0.1) is 0 Å². The Bertz CT molecular complexity index is 1700. The Balaban J connectivity index is 1.34. The predicted molar refractivity (Wildman–Crippen MR) is 169 cm³/mol. The first-order valence-corrected chi connectivity index (χ1v) is 15.6. The number of carbonyl (C=O) groups excluding carboxylic acids is 1. The summed E-state index contributed by atoms with van der Waals surface area (Å²) in [4.78, 5) is 29.2. The normalized spacial score (nSPS) is 22.7. The third-order valence-corrected chi connectivity index (χ3v) is 9.68. The summed E-state index contributed by atoms with van der Waals surface area (Å²) in [5.74, 6) is 0.312. The number of benzene rings is 3. The van der Waals surface area contributed by atoms with Crippen LogP contribution in [0.2, 0.25) is 5.02 Å². The van der Waals surface area contributed by atoms with Crippen molar-refractivity contribution in [3.8, 4) is 5.75 Å². The van der Waals surface area contributed by atoms with Gasteiger partial charge in [0.05, 0.1) is 17.0 Å². The quantitative estimate of drug-likeness (QED) is 0.235. The van der Waals surface area contributed by atoms with Crippen molar-refractivity contribution in [3.63, 3.8) is 0 Å². The molecule has 1 N–H and O–H groups in total. The zero-order chi connectivity index (χ0) is 30.3. The Hall–Kier alpha value is -3.61. The van der Waals surface area contributed by atoms with Gasteiger partial charge in [-0.2, -0.15) is 0 Å². The van der Waals surface area contributed by atoms with Gasteiger partial charge in [0.15, 0.2) is 6.10 Å². The van der Waals surface area contributed by atoms with Crippen LogP contribution in [0.25, 0.3) is 11.0 Å². The fourth-order valence-corrected chi connectivity index (χ4v) is 7.34. The van der Waals surface area contributed by atoms with Crippen LogP contribution in [0, 0.1) is 19.8 Å². The van der Waals surface area contributed by atoms with E-state index in [-0.39, 0.29) is 23.5 Å². The Morgan fingerprint density at radius 2 is 1.84 bits per heavy atom. The summed E-state index contributed by atoms with van der Waals surface area (Å²) in [6.45, 7) is 6.04. The first-order valence-electron chi connectivity index (χ1n) is 15.2. The molecule has 1 amide bonds. The van der Waals surface area contributed by atoms with E-state index in [0.717, 1.165) is 47.9 Å². The molecule has 1 saturated carbocycles. The topological polar surface area (TPSA) is 80.0 Å². The third-order valence-electron chi connectivity index (χ3n) is 9.42. The molecule has 0 radical (unpaired) electrons. The lowest BCUT2D eigenvalue weighted by molar-refractivity contribution is -0.161. The molecule has 2 heterocycles. The highest BCUT2D eigenvalue weighted by molar-refractivity contribution is 6.30. The van der Waals surface area contributed by atoms with Crippen molar-refractivity contribution >= 4 is 28.5 Å². The van der Waals surface area contributed by atoms with Crippen molar-refractivity contribution in [2.75, 3.05) is 6.54 Å². The van der Waals surface area contributed by atoms with Crippen LogP contribution in [0.1, 0.15) is 72.9 Å². The van der Waals surface area contributed by atoms with E-state index in [1.54, 1.807) is 6.92 Å². The number of piperidine rings is 1.